The van der Waals surface area contributed by atoms with Gasteiger partial charge in [0.25, 0.3) is 10.0 Å². The van der Waals surface area contributed by atoms with E-state index in [4.69, 9.17) is 5.26 Å². The number of pyridine rings is 1. The summed E-state index contributed by atoms with van der Waals surface area (Å²) in [6.45, 7) is 3.39. The van der Waals surface area contributed by atoms with Crippen LogP contribution in [0.15, 0.2) is 39.8 Å². The van der Waals surface area contributed by atoms with Crippen LogP contribution in [0, 0.1) is 25.2 Å². The maximum Gasteiger partial charge on any atom is 0.262 e. The monoisotopic (exact) mass is 365 g/mol. The Labute approximate surface area is 131 Å². The second-order valence-electron chi connectivity index (χ2n) is 4.46. The fraction of sp³-hybridized carbons (Fsp3) is 0.143. The van der Waals surface area contributed by atoms with Crippen molar-refractivity contribution in [2.45, 2.75) is 18.7 Å². The summed E-state index contributed by atoms with van der Waals surface area (Å²) >= 11 is 3.23. The third-order valence-electron chi connectivity index (χ3n) is 2.90. The molecule has 2 rings (SSSR count). The van der Waals surface area contributed by atoms with E-state index >= 15 is 0 Å². The Kier molecular flexibility index (Phi) is 4.30. The third kappa shape index (κ3) is 3.40. The number of nitriles is 1. The van der Waals surface area contributed by atoms with Gasteiger partial charge < -0.3 is 0 Å². The molecule has 0 bridgehead atoms. The summed E-state index contributed by atoms with van der Waals surface area (Å²) in [5.41, 5.74) is 1.83. The molecular weight excluding hydrogens is 354 g/mol. The van der Waals surface area contributed by atoms with Gasteiger partial charge in [0.15, 0.2) is 0 Å². The minimum atomic E-state index is -3.77. The Morgan fingerprint density at radius 3 is 2.57 bits per heavy atom. The summed E-state index contributed by atoms with van der Waals surface area (Å²) in [5, 5.41) is 8.90. The van der Waals surface area contributed by atoms with E-state index in [1.165, 1.54) is 6.07 Å². The van der Waals surface area contributed by atoms with Gasteiger partial charge in [-0.1, -0.05) is 6.07 Å². The van der Waals surface area contributed by atoms with Gasteiger partial charge in [-0.3, -0.25) is 4.72 Å². The van der Waals surface area contributed by atoms with Gasteiger partial charge in [-0.2, -0.15) is 5.26 Å². The van der Waals surface area contributed by atoms with Crippen molar-refractivity contribution >= 4 is 31.6 Å². The smallest absolute Gasteiger partial charge is 0.262 e. The van der Waals surface area contributed by atoms with Crippen molar-refractivity contribution in [1.82, 2.24) is 4.98 Å². The van der Waals surface area contributed by atoms with Gasteiger partial charge >= 0.3 is 0 Å². The summed E-state index contributed by atoms with van der Waals surface area (Å²) in [7, 11) is -3.77. The highest BCUT2D eigenvalue weighted by molar-refractivity contribution is 9.10. The van der Waals surface area contributed by atoms with Crippen LogP contribution in [0.5, 0.6) is 0 Å². The van der Waals surface area contributed by atoms with E-state index in [1.807, 2.05) is 6.07 Å². The van der Waals surface area contributed by atoms with E-state index < -0.39 is 10.0 Å². The number of aryl methyl sites for hydroxylation is 2. The van der Waals surface area contributed by atoms with Gasteiger partial charge in [-0.05, 0) is 59.6 Å². The predicted molar refractivity (Wildman–Crippen MR) is 83.4 cm³/mol. The highest BCUT2D eigenvalue weighted by Gasteiger charge is 2.18. The average molecular weight is 366 g/mol. The molecule has 108 valence electrons. The lowest BCUT2D eigenvalue weighted by Gasteiger charge is -2.12. The van der Waals surface area contributed by atoms with E-state index in [1.54, 1.807) is 38.1 Å². The molecule has 0 spiro atoms. The van der Waals surface area contributed by atoms with Gasteiger partial charge in [0.05, 0.1) is 27.9 Å². The van der Waals surface area contributed by atoms with Gasteiger partial charge in [0.1, 0.15) is 4.60 Å². The summed E-state index contributed by atoms with van der Waals surface area (Å²) < 4.78 is 28.1. The summed E-state index contributed by atoms with van der Waals surface area (Å²) in [5.74, 6) is 0. The second-order valence-corrected chi connectivity index (χ2v) is 6.93. The third-order valence-corrected chi connectivity index (χ3v) is 4.85. The molecule has 0 aliphatic rings. The summed E-state index contributed by atoms with van der Waals surface area (Å²) in [4.78, 5) is 4.23. The number of hydrogen-bond donors (Lipinski definition) is 1. The molecule has 0 saturated carbocycles. The first-order valence-corrected chi connectivity index (χ1v) is 8.28. The van der Waals surface area contributed by atoms with Gasteiger partial charge in [0.2, 0.25) is 0 Å². The number of benzene rings is 1. The predicted octanol–water partition coefficient (Wildman–Crippen LogP) is 3.13. The fourth-order valence-corrected chi connectivity index (χ4v) is 3.58. The molecule has 0 aliphatic heterocycles. The molecule has 0 unspecified atom stereocenters. The number of anilines is 1. The van der Waals surface area contributed by atoms with Crippen molar-refractivity contribution in [1.29, 1.82) is 5.26 Å². The number of aromatic nitrogens is 1. The minimum Gasteiger partial charge on any atom is -0.278 e. The second kappa shape index (κ2) is 5.84. The van der Waals surface area contributed by atoms with Crippen LogP contribution in [0.1, 0.15) is 16.8 Å². The molecular formula is C14H12BrN3O2S. The Morgan fingerprint density at radius 2 is 1.95 bits per heavy atom. The summed E-state index contributed by atoms with van der Waals surface area (Å²) in [6, 6.07) is 9.78. The van der Waals surface area contributed by atoms with Crippen molar-refractivity contribution in [3.63, 3.8) is 0 Å². The van der Waals surface area contributed by atoms with E-state index in [0.29, 0.717) is 27.1 Å². The van der Waals surface area contributed by atoms with Crippen LogP contribution in [-0.2, 0) is 10.0 Å². The van der Waals surface area contributed by atoms with Crippen molar-refractivity contribution in [2.75, 3.05) is 4.72 Å². The van der Waals surface area contributed by atoms with E-state index in [0.717, 1.165) is 0 Å². The maximum absolute atomic E-state index is 12.5. The van der Waals surface area contributed by atoms with Crippen LogP contribution in [0.4, 0.5) is 5.69 Å². The van der Waals surface area contributed by atoms with Crippen LogP contribution in [0.25, 0.3) is 0 Å². The molecule has 0 fully saturated rings. The molecule has 2 aromatic rings. The van der Waals surface area contributed by atoms with Crippen LogP contribution in [0.2, 0.25) is 0 Å². The minimum absolute atomic E-state index is 0.0869. The Morgan fingerprint density at radius 1 is 1.24 bits per heavy atom. The lowest BCUT2D eigenvalue weighted by Crippen LogP contribution is -2.15. The molecule has 0 atom stereocenters. The van der Waals surface area contributed by atoms with Crippen LogP contribution in [0.3, 0.4) is 0 Å². The van der Waals surface area contributed by atoms with Gasteiger partial charge in [0, 0.05) is 0 Å². The van der Waals surface area contributed by atoms with E-state index in [9.17, 15) is 8.42 Å². The number of rotatable bonds is 3. The van der Waals surface area contributed by atoms with Crippen LogP contribution in [-0.4, -0.2) is 13.4 Å². The van der Waals surface area contributed by atoms with Crippen molar-refractivity contribution in [3.8, 4) is 6.07 Å². The number of nitrogens with one attached hydrogen (secondary N) is 1. The van der Waals surface area contributed by atoms with Gasteiger partial charge in [-0.15, -0.1) is 0 Å². The van der Waals surface area contributed by atoms with Crippen molar-refractivity contribution < 1.29 is 8.42 Å². The molecule has 0 amide bonds. The summed E-state index contributed by atoms with van der Waals surface area (Å²) in [6.07, 6.45) is 0. The zero-order valence-corrected chi connectivity index (χ0v) is 13.8. The molecule has 0 saturated heterocycles. The van der Waals surface area contributed by atoms with E-state index in [2.05, 4.69) is 25.6 Å². The molecule has 5 nitrogen and oxygen atoms in total. The normalized spacial score (nSPS) is 11.0. The van der Waals surface area contributed by atoms with Crippen LogP contribution < -0.4 is 4.72 Å². The highest BCUT2D eigenvalue weighted by Crippen LogP contribution is 2.23. The lowest BCUT2D eigenvalue weighted by molar-refractivity contribution is 0.600. The molecule has 7 heteroatoms. The van der Waals surface area contributed by atoms with Crippen molar-refractivity contribution in [3.05, 3.63) is 51.8 Å². The molecule has 0 radical (unpaired) electrons. The standard InChI is InChI=1S/C14H12BrN3O2S/c1-9-3-4-11(8-16)7-13(9)21(19,20)18-12-5-6-14(15)17-10(12)2/h3-7,18H,1-2H3. The Hall–Kier alpha value is -1.91. The first-order chi connectivity index (χ1) is 9.83. The van der Waals surface area contributed by atoms with E-state index in [-0.39, 0.29) is 4.90 Å². The topological polar surface area (TPSA) is 82.8 Å². The fourth-order valence-electron chi connectivity index (χ4n) is 1.80. The number of nitrogens with zero attached hydrogens (tertiary/aromatic N) is 2. The molecule has 1 heterocycles. The number of sulfonamides is 1. The molecule has 1 aromatic heterocycles. The molecule has 1 aromatic carbocycles. The number of hydrogen-bond acceptors (Lipinski definition) is 4. The molecule has 1 N–H and O–H groups in total. The average Bonchev–Trinajstić information content (AvgIpc) is 2.42. The Balaban J connectivity index is 2.46. The Bertz CT molecular complexity index is 842. The zero-order valence-electron chi connectivity index (χ0n) is 11.4. The molecule has 21 heavy (non-hydrogen) atoms. The largest absolute Gasteiger partial charge is 0.278 e. The quantitative estimate of drug-likeness (QED) is 0.846. The SMILES string of the molecule is Cc1ccc(C#N)cc1S(=O)(=O)Nc1ccc(Br)nc1C. The first kappa shape index (κ1) is 15.5. The van der Waals surface area contributed by atoms with Crippen LogP contribution >= 0.6 is 15.9 Å². The van der Waals surface area contributed by atoms with Crippen molar-refractivity contribution in [2.24, 2.45) is 0 Å². The first-order valence-electron chi connectivity index (χ1n) is 6.00. The lowest BCUT2D eigenvalue weighted by atomic mass is 10.2. The van der Waals surface area contributed by atoms with Gasteiger partial charge in [-0.25, -0.2) is 13.4 Å². The maximum atomic E-state index is 12.5. The molecule has 0 aliphatic carbocycles. The zero-order chi connectivity index (χ0) is 15.6. The highest BCUT2D eigenvalue weighted by atomic mass is 79.9. The number of halogens is 1.